The van der Waals surface area contributed by atoms with E-state index in [0.717, 1.165) is 24.0 Å². The zero-order valence-electron chi connectivity index (χ0n) is 11.6. The molecule has 0 amide bonds. The van der Waals surface area contributed by atoms with Gasteiger partial charge in [-0.3, -0.25) is 9.80 Å². The van der Waals surface area contributed by atoms with Gasteiger partial charge in [-0.05, 0) is 45.4 Å². The molecule has 3 fully saturated rings. The maximum absolute atomic E-state index is 2.88. The van der Waals surface area contributed by atoms with Crippen LogP contribution in [-0.2, 0) is 0 Å². The highest BCUT2D eigenvalue weighted by Gasteiger charge is 2.41. The molecule has 2 unspecified atom stereocenters. The third kappa shape index (κ3) is 2.39. The molecular weight excluding hydrogens is 208 g/mol. The molecule has 2 aliphatic heterocycles. The van der Waals surface area contributed by atoms with Crippen molar-refractivity contribution in [2.75, 3.05) is 19.6 Å². The fourth-order valence-electron chi connectivity index (χ4n) is 4.23. The van der Waals surface area contributed by atoms with E-state index in [1.165, 1.54) is 58.2 Å². The van der Waals surface area contributed by atoms with E-state index in [1.807, 2.05) is 0 Å². The first kappa shape index (κ1) is 12.0. The van der Waals surface area contributed by atoms with E-state index < -0.39 is 0 Å². The van der Waals surface area contributed by atoms with Crippen LogP contribution in [0.2, 0.25) is 0 Å². The SMILES string of the molecule is CC(C)N1CC2CCC(C1)N2CC1CCCC1. The Balaban J connectivity index is 1.60. The molecule has 0 aromatic heterocycles. The number of hydrogen-bond acceptors (Lipinski definition) is 2. The van der Waals surface area contributed by atoms with Crippen LogP contribution in [0.15, 0.2) is 0 Å². The van der Waals surface area contributed by atoms with Crippen molar-refractivity contribution in [2.45, 2.75) is 70.5 Å². The van der Waals surface area contributed by atoms with Crippen LogP contribution >= 0.6 is 0 Å². The zero-order chi connectivity index (χ0) is 11.8. The Morgan fingerprint density at radius 2 is 1.53 bits per heavy atom. The second-order valence-corrected chi connectivity index (χ2v) is 6.78. The first-order valence-electron chi connectivity index (χ1n) is 7.74. The van der Waals surface area contributed by atoms with Crippen molar-refractivity contribution >= 4 is 0 Å². The highest BCUT2D eigenvalue weighted by molar-refractivity contribution is 4.97. The summed E-state index contributed by atoms with van der Waals surface area (Å²) in [6, 6.07) is 2.51. The van der Waals surface area contributed by atoms with Crippen LogP contribution in [0.4, 0.5) is 0 Å². The molecule has 0 spiro atoms. The maximum atomic E-state index is 2.88. The van der Waals surface area contributed by atoms with Crippen LogP contribution in [0.1, 0.15) is 52.4 Å². The number of rotatable bonds is 3. The predicted octanol–water partition coefficient (Wildman–Crippen LogP) is 2.73. The van der Waals surface area contributed by atoms with Gasteiger partial charge in [-0.15, -0.1) is 0 Å². The van der Waals surface area contributed by atoms with E-state index >= 15 is 0 Å². The minimum atomic E-state index is 0.742. The lowest BCUT2D eigenvalue weighted by Crippen LogP contribution is -2.56. The molecule has 0 radical (unpaired) electrons. The summed E-state index contributed by atoms with van der Waals surface area (Å²) in [6.45, 7) is 8.79. The average Bonchev–Trinajstić information content (AvgIpc) is 2.86. The van der Waals surface area contributed by atoms with Gasteiger partial charge in [0.05, 0.1) is 0 Å². The number of nitrogens with zero attached hydrogens (tertiary/aromatic N) is 2. The largest absolute Gasteiger partial charge is 0.298 e. The summed E-state index contributed by atoms with van der Waals surface area (Å²) in [4.78, 5) is 5.59. The minimum absolute atomic E-state index is 0.742. The van der Waals surface area contributed by atoms with E-state index in [2.05, 4.69) is 23.6 Å². The maximum Gasteiger partial charge on any atom is 0.0227 e. The van der Waals surface area contributed by atoms with Crippen molar-refractivity contribution < 1.29 is 0 Å². The van der Waals surface area contributed by atoms with Crippen molar-refractivity contribution in [3.63, 3.8) is 0 Å². The molecule has 2 saturated heterocycles. The second-order valence-electron chi connectivity index (χ2n) is 6.78. The average molecular weight is 236 g/mol. The summed E-state index contributed by atoms with van der Waals surface area (Å²) in [6.07, 6.45) is 8.91. The Morgan fingerprint density at radius 3 is 2.06 bits per heavy atom. The van der Waals surface area contributed by atoms with Gasteiger partial charge in [0, 0.05) is 37.8 Å². The van der Waals surface area contributed by atoms with Gasteiger partial charge >= 0.3 is 0 Å². The van der Waals surface area contributed by atoms with E-state index in [0.29, 0.717) is 0 Å². The highest BCUT2D eigenvalue weighted by Crippen LogP contribution is 2.34. The van der Waals surface area contributed by atoms with Crippen molar-refractivity contribution in [2.24, 2.45) is 5.92 Å². The molecule has 1 saturated carbocycles. The first-order valence-corrected chi connectivity index (χ1v) is 7.74. The Kier molecular flexibility index (Phi) is 3.45. The highest BCUT2D eigenvalue weighted by atomic mass is 15.3. The third-order valence-corrected chi connectivity index (χ3v) is 5.34. The minimum Gasteiger partial charge on any atom is -0.298 e. The van der Waals surface area contributed by atoms with Crippen molar-refractivity contribution in [1.82, 2.24) is 9.80 Å². The van der Waals surface area contributed by atoms with E-state index in [-0.39, 0.29) is 0 Å². The van der Waals surface area contributed by atoms with Crippen molar-refractivity contribution in [3.8, 4) is 0 Å². The molecule has 0 aromatic carbocycles. The van der Waals surface area contributed by atoms with Gasteiger partial charge in [-0.2, -0.15) is 0 Å². The first-order chi connectivity index (χ1) is 8.24. The fraction of sp³-hybridized carbons (Fsp3) is 1.00. The summed E-state index contributed by atoms with van der Waals surface area (Å²) >= 11 is 0. The standard InChI is InChI=1S/C15H28N2/c1-12(2)16-10-14-7-8-15(11-16)17(14)9-13-5-3-4-6-13/h12-15H,3-11H2,1-2H3. The lowest BCUT2D eigenvalue weighted by Gasteiger charge is -2.43. The molecule has 17 heavy (non-hydrogen) atoms. The number of likely N-dealkylation sites (tertiary alicyclic amines) is 1. The van der Waals surface area contributed by atoms with E-state index in [4.69, 9.17) is 0 Å². The number of fused-ring (bicyclic) bond motifs is 2. The van der Waals surface area contributed by atoms with Gasteiger partial charge in [-0.1, -0.05) is 12.8 Å². The van der Waals surface area contributed by atoms with Gasteiger partial charge < -0.3 is 0 Å². The van der Waals surface area contributed by atoms with Crippen LogP contribution in [-0.4, -0.2) is 47.6 Å². The Labute approximate surface area is 106 Å². The van der Waals surface area contributed by atoms with Crippen LogP contribution < -0.4 is 0 Å². The molecular formula is C15H28N2. The monoisotopic (exact) mass is 236 g/mol. The molecule has 3 rings (SSSR count). The molecule has 0 aromatic rings. The van der Waals surface area contributed by atoms with Crippen LogP contribution in [0, 0.1) is 5.92 Å². The van der Waals surface area contributed by atoms with Gasteiger partial charge in [0.2, 0.25) is 0 Å². The van der Waals surface area contributed by atoms with Crippen molar-refractivity contribution in [3.05, 3.63) is 0 Å². The molecule has 0 N–H and O–H groups in total. The van der Waals surface area contributed by atoms with Gasteiger partial charge in [0.25, 0.3) is 0 Å². The lowest BCUT2D eigenvalue weighted by atomic mass is 10.0. The Morgan fingerprint density at radius 1 is 0.941 bits per heavy atom. The smallest absolute Gasteiger partial charge is 0.0227 e. The summed E-state index contributed by atoms with van der Waals surface area (Å²) in [5, 5.41) is 0. The number of hydrogen-bond donors (Lipinski definition) is 0. The number of piperazine rings is 1. The van der Waals surface area contributed by atoms with E-state index in [1.54, 1.807) is 0 Å². The molecule has 2 heteroatoms. The molecule has 3 aliphatic rings. The summed E-state index contributed by atoms with van der Waals surface area (Å²) < 4.78 is 0. The molecule has 2 atom stereocenters. The molecule has 2 nitrogen and oxygen atoms in total. The van der Waals surface area contributed by atoms with E-state index in [9.17, 15) is 0 Å². The van der Waals surface area contributed by atoms with Crippen LogP contribution in [0.5, 0.6) is 0 Å². The van der Waals surface area contributed by atoms with Gasteiger partial charge in [-0.25, -0.2) is 0 Å². The summed E-state index contributed by atoms with van der Waals surface area (Å²) in [5.74, 6) is 1.03. The van der Waals surface area contributed by atoms with Gasteiger partial charge in [0.15, 0.2) is 0 Å². The summed E-state index contributed by atoms with van der Waals surface area (Å²) in [7, 11) is 0. The third-order valence-electron chi connectivity index (χ3n) is 5.34. The summed E-state index contributed by atoms with van der Waals surface area (Å²) in [5.41, 5.74) is 0. The lowest BCUT2D eigenvalue weighted by molar-refractivity contribution is 0.0394. The molecule has 2 heterocycles. The van der Waals surface area contributed by atoms with Gasteiger partial charge in [0.1, 0.15) is 0 Å². The van der Waals surface area contributed by atoms with Crippen LogP contribution in [0.3, 0.4) is 0 Å². The Bertz CT molecular complexity index is 244. The topological polar surface area (TPSA) is 6.48 Å². The van der Waals surface area contributed by atoms with Crippen LogP contribution in [0.25, 0.3) is 0 Å². The predicted molar refractivity (Wildman–Crippen MR) is 72.2 cm³/mol. The van der Waals surface area contributed by atoms with Crippen molar-refractivity contribution in [1.29, 1.82) is 0 Å². The molecule has 98 valence electrons. The Hall–Kier alpha value is -0.0800. The zero-order valence-corrected chi connectivity index (χ0v) is 11.6. The quantitative estimate of drug-likeness (QED) is 0.743. The molecule has 1 aliphatic carbocycles. The molecule has 2 bridgehead atoms. The second kappa shape index (κ2) is 4.89. The normalized spacial score (nSPS) is 36.2. The fourth-order valence-corrected chi connectivity index (χ4v) is 4.23.